The number of phenolic OH excluding ortho intramolecular Hbond substituents is 1. The predicted molar refractivity (Wildman–Crippen MR) is 136 cm³/mol. The van der Waals surface area contributed by atoms with Crippen LogP contribution < -0.4 is 15.2 Å². The largest absolute Gasteiger partial charge is 0.508 e. The minimum atomic E-state index is -0.945. The number of phenols is 1. The molecule has 0 fully saturated rings. The first-order valence-electron chi connectivity index (χ1n) is 11.7. The van der Waals surface area contributed by atoms with Gasteiger partial charge in [0.2, 0.25) is 0 Å². The van der Waals surface area contributed by atoms with Gasteiger partial charge in [0, 0.05) is 24.1 Å². The number of aromatic hydroxyl groups is 1. The number of ether oxygens (including phenoxy) is 2. The van der Waals surface area contributed by atoms with E-state index in [4.69, 9.17) is 15.2 Å². The molecule has 4 aromatic carbocycles. The maximum Gasteiger partial charge on any atom is 0.130 e. The summed E-state index contributed by atoms with van der Waals surface area (Å²) >= 11 is 0. The summed E-state index contributed by atoms with van der Waals surface area (Å²) in [4.78, 5) is 0. The van der Waals surface area contributed by atoms with Gasteiger partial charge in [-0.1, -0.05) is 56.3 Å². The first-order valence-corrected chi connectivity index (χ1v) is 11.7. The van der Waals surface area contributed by atoms with Crippen LogP contribution in [0.5, 0.6) is 17.2 Å². The van der Waals surface area contributed by atoms with Crippen molar-refractivity contribution in [2.45, 2.75) is 39.0 Å². The highest BCUT2D eigenvalue weighted by atomic mass is 19.1. The van der Waals surface area contributed by atoms with Gasteiger partial charge in [-0.2, -0.15) is 0 Å². The van der Waals surface area contributed by atoms with Crippen molar-refractivity contribution in [1.29, 1.82) is 0 Å². The smallest absolute Gasteiger partial charge is 0.130 e. The lowest BCUT2D eigenvalue weighted by Crippen LogP contribution is -2.22. The Balaban J connectivity index is 1.40. The average molecular weight is 490 g/mol. The van der Waals surface area contributed by atoms with E-state index in [0.717, 1.165) is 28.5 Å². The Bertz CT molecular complexity index is 1340. The summed E-state index contributed by atoms with van der Waals surface area (Å²) in [5.41, 5.74) is 8.26. The highest BCUT2D eigenvalue weighted by Crippen LogP contribution is 2.36. The van der Waals surface area contributed by atoms with Gasteiger partial charge in [-0.05, 0) is 58.1 Å². The van der Waals surface area contributed by atoms with Crippen molar-refractivity contribution in [3.63, 3.8) is 0 Å². The molecular weight excluding hydrogens is 460 g/mol. The van der Waals surface area contributed by atoms with E-state index in [0.29, 0.717) is 30.0 Å². The third kappa shape index (κ3) is 5.83. The van der Waals surface area contributed by atoms with Crippen molar-refractivity contribution >= 4 is 0 Å². The molecule has 4 aromatic rings. The fourth-order valence-electron chi connectivity index (χ4n) is 4.11. The van der Waals surface area contributed by atoms with E-state index >= 15 is 4.39 Å². The van der Waals surface area contributed by atoms with Gasteiger partial charge in [-0.3, -0.25) is 0 Å². The molecule has 0 saturated heterocycles. The van der Waals surface area contributed by atoms with Gasteiger partial charge in [0.25, 0.3) is 0 Å². The molecule has 0 radical (unpaired) electrons. The summed E-state index contributed by atoms with van der Waals surface area (Å²) in [5.74, 6) is -0.114. The minimum absolute atomic E-state index is 0.173. The Hall–Kier alpha value is -3.90. The highest BCUT2D eigenvalue weighted by Gasteiger charge is 2.29. The lowest BCUT2D eigenvalue weighted by atomic mass is 9.77. The Morgan fingerprint density at radius 3 is 1.83 bits per heavy atom. The van der Waals surface area contributed by atoms with Gasteiger partial charge in [0.05, 0.1) is 0 Å². The second-order valence-electron chi connectivity index (χ2n) is 9.18. The van der Waals surface area contributed by atoms with Gasteiger partial charge in [-0.15, -0.1) is 0 Å². The van der Waals surface area contributed by atoms with Gasteiger partial charge in [0.1, 0.15) is 42.1 Å². The Labute approximate surface area is 209 Å². The maximum atomic E-state index is 15.1. The van der Waals surface area contributed by atoms with Gasteiger partial charge in [0.15, 0.2) is 0 Å². The first kappa shape index (κ1) is 25.2. The molecular formula is C30H29F2NO3. The number of nitrogens with two attached hydrogens (primary N) is 1. The highest BCUT2D eigenvalue weighted by molar-refractivity contribution is 5.43. The van der Waals surface area contributed by atoms with Gasteiger partial charge >= 0.3 is 0 Å². The van der Waals surface area contributed by atoms with Crippen LogP contribution in [0.1, 0.15) is 41.7 Å². The summed E-state index contributed by atoms with van der Waals surface area (Å²) in [7, 11) is 0. The molecule has 0 aliphatic rings. The van der Waals surface area contributed by atoms with Crippen molar-refractivity contribution in [1.82, 2.24) is 0 Å². The first-order chi connectivity index (χ1) is 17.3. The molecule has 36 heavy (non-hydrogen) atoms. The fraction of sp³-hybridized carbons (Fsp3) is 0.200. The summed E-state index contributed by atoms with van der Waals surface area (Å²) in [6.07, 6.45) is 0. The summed E-state index contributed by atoms with van der Waals surface area (Å²) in [5, 5.41) is 9.49. The molecule has 0 unspecified atom stereocenters. The van der Waals surface area contributed by atoms with E-state index in [1.807, 2.05) is 48.5 Å². The zero-order chi connectivity index (χ0) is 25.7. The molecule has 0 amide bonds. The summed E-state index contributed by atoms with van der Waals surface area (Å²) in [6.45, 7) is 4.63. The van der Waals surface area contributed by atoms with Crippen LogP contribution in [0.25, 0.3) is 0 Å². The quantitative estimate of drug-likeness (QED) is 0.278. The van der Waals surface area contributed by atoms with Gasteiger partial charge < -0.3 is 20.3 Å². The van der Waals surface area contributed by atoms with Gasteiger partial charge in [-0.25, -0.2) is 8.78 Å². The molecule has 0 atom stereocenters. The molecule has 0 spiro atoms. The number of benzene rings is 4. The van der Waals surface area contributed by atoms with Crippen LogP contribution in [0.2, 0.25) is 0 Å². The topological polar surface area (TPSA) is 64.7 Å². The summed E-state index contributed by atoms with van der Waals surface area (Å²) in [6, 6.07) is 24.0. The van der Waals surface area contributed by atoms with Crippen molar-refractivity contribution in [2.24, 2.45) is 5.73 Å². The number of hydrogen-bond acceptors (Lipinski definition) is 4. The van der Waals surface area contributed by atoms with Crippen molar-refractivity contribution in [3.8, 4) is 17.2 Å². The zero-order valence-corrected chi connectivity index (χ0v) is 20.3. The Kier molecular flexibility index (Phi) is 7.55. The van der Waals surface area contributed by atoms with E-state index < -0.39 is 17.0 Å². The van der Waals surface area contributed by atoms with Crippen LogP contribution in [-0.4, -0.2) is 5.11 Å². The number of rotatable bonds is 9. The fourth-order valence-corrected chi connectivity index (χ4v) is 4.11. The van der Waals surface area contributed by atoms with Crippen molar-refractivity contribution < 1.29 is 23.4 Å². The molecule has 4 nitrogen and oxygen atoms in total. The molecule has 0 bridgehead atoms. The number of hydrogen-bond donors (Lipinski definition) is 2. The normalized spacial score (nSPS) is 11.4. The lowest BCUT2D eigenvalue weighted by molar-refractivity contribution is 0.298. The Morgan fingerprint density at radius 2 is 1.25 bits per heavy atom. The molecule has 186 valence electrons. The van der Waals surface area contributed by atoms with E-state index in [1.54, 1.807) is 26.0 Å². The Morgan fingerprint density at radius 1 is 0.694 bits per heavy atom. The van der Waals surface area contributed by atoms with Crippen molar-refractivity contribution in [3.05, 3.63) is 124 Å². The average Bonchev–Trinajstić information content (AvgIpc) is 2.86. The van der Waals surface area contributed by atoms with Crippen LogP contribution in [-0.2, 0) is 25.2 Å². The second kappa shape index (κ2) is 10.8. The van der Waals surface area contributed by atoms with Crippen LogP contribution in [0.15, 0.2) is 84.9 Å². The van der Waals surface area contributed by atoms with E-state index in [-0.39, 0.29) is 12.4 Å². The summed E-state index contributed by atoms with van der Waals surface area (Å²) < 4.78 is 41.2. The van der Waals surface area contributed by atoms with Crippen LogP contribution >= 0.6 is 0 Å². The van der Waals surface area contributed by atoms with Crippen molar-refractivity contribution in [2.75, 3.05) is 0 Å². The molecule has 0 heterocycles. The predicted octanol–water partition coefficient (Wildman–Crippen LogP) is 6.61. The minimum Gasteiger partial charge on any atom is -0.508 e. The molecule has 0 aromatic heterocycles. The molecule has 0 aliphatic heterocycles. The van der Waals surface area contributed by atoms with E-state index in [9.17, 15) is 9.50 Å². The van der Waals surface area contributed by atoms with Crippen LogP contribution in [0.3, 0.4) is 0 Å². The molecule has 0 aliphatic carbocycles. The third-order valence-electron chi connectivity index (χ3n) is 6.20. The van der Waals surface area contributed by atoms with E-state index in [2.05, 4.69) is 0 Å². The third-order valence-corrected chi connectivity index (χ3v) is 6.20. The lowest BCUT2D eigenvalue weighted by Gasteiger charge is -2.27. The standard InChI is InChI=1S/C30H29F2NO3/c1-30(2,26-12-8-23(34)15-28(26)31)27-13-11-25(16-29(27)32)36-19-22-5-3-4-21(14-22)18-35-24-9-6-20(17-33)7-10-24/h3-16,34H,17-19,33H2,1-2H3. The monoisotopic (exact) mass is 489 g/mol. The molecule has 6 heteroatoms. The zero-order valence-electron chi connectivity index (χ0n) is 20.3. The second-order valence-corrected chi connectivity index (χ2v) is 9.18. The van der Waals surface area contributed by atoms with Crippen LogP contribution in [0, 0.1) is 11.6 Å². The SMILES string of the molecule is CC(C)(c1ccc(O)cc1F)c1ccc(OCc2cccc(COc3ccc(CN)cc3)c2)cc1F. The molecule has 0 saturated carbocycles. The number of halogens is 2. The van der Waals surface area contributed by atoms with E-state index in [1.165, 1.54) is 18.2 Å². The van der Waals surface area contributed by atoms with Crippen LogP contribution in [0.4, 0.5) is 8.78 Å². The maximum absolute atomic E-state index is 15.1. The molecule has 3 N–H and O–H groups in total. The molecule has 4 rings (SSSR count).